The fourth-order valence-electron chi connectivity index (χ4n) is 3.30. The van der Waals surface area contributed by atoms with Crippen LogP contribution in [0.3, 0.4) is 0 Å². The Hall–Kier alpha value is -2.53. The Morgan fingerprint density at radius 1 is 1.14 bits per heavy atom. The van der Waals surface area contributed by atoms with Crippen LogP contribution in [0.1, 0.15) is 0 Å². The van der Waals surface area contributed by atoms with Crippen LogP contribution in [0.25, 0.3) is 0 Å². The van der Waals surface area contributed by atoms with Gasteiger partial charge in [-0.05, 0) is 6.07 Å². The summed E-state index contributed by atoms with van der Waals surface area (Å²) in [4.78, 5) is 40.7. The minimum atomic E-state index is -0.688. The third-order valence-corrected chi connectivity index (χ3v) is 5.12. The Balaban J connectivity index is 1.67. The molecule has 3 rings (SSSR count). The highest BCUT2D eigenvalue weighted by molar-refractivity contribution is 6.52. The maximum atomic E-state index is 12.9. The number of carbonyl (C=O) groups excluding carboxylic acids is 2. The fourth-order valence-corrected chi connectivity index (χ4v) is 3.59. The normalized spacial score (nSPS) is 18.1. The summed E-state index contributed by atoms with van der Waals surface area (Å²) >= 11 is 6.19. The van der Waals surface area contributed by atoms with Crippen molar-refractivity contribution in [3.05, 3.63) is 45.1 Å². The van der Waals surface area contributed by atoms with Gasteiger partial charge in [0.05, 0.1) is 30.4 Å². The number of aliphatic hydroxyl groups is 1. The lowest BCUT2D eigenvalue weighted by molar-refractivity contribution is -0.384. The van der Waals surface area contributed by atoms with Crippen LogP contribution in [-0.4, -0.2) is 84.2 Å². The minimum Gasteiger partial charge on any atom is -0.394 e. The van der Waals surface area contributed by atoms with Crippen LogP contribution in [-0.2, 0) is 14.3 Å². The Bertz CT molecular complexity index is 837. The number of amides is 2. The standard InChI is InChI=1S/C18H21ClN4O6/c19-15-16(21-6-4-20(5-7-21)8-10-29-11-9-24)18(26)22(17(15)25)13-2-1-3-14(12-13)23(27)28/h1-3,12,24H,4-11H2. The van der Waals surface area contributed by atoms with Gasteiger partial charge in [-0.1, -0.05) is 17.7 Å². The Morgan fingerprint density at radius 2 is 1.86 bits per heavy atom. The van der Waals surface area contributed by atoms with E-state index >= 15 is 0 Å². The average molecular weight is 425 g/mol. The molecule has 0 saturated carbocycles. The van der Waals surface area contributed by atoms with Gasteiger partial charge in [-0.15, -0.1) is 0 Å². The second kappa shape index (κ2) is 9.31. The van der Waals surface area contributed by atoms with Crippen LogP contribution in [0.2, 0.25) is 0 Å². The van der Waals surface area contributed by atoms with Crippen LogP contribution in [0.5, 0.6) is 0 Å². The number of nitrogens with zero attached hydrogens (tertiary/aromatic N) is 4. The average Bonchev–Trinajstić information content (AvgIpc) is 2.94. The molecule has 10 nitrogen and oxygen atoms in total. The number of benzene rings is 1. The van der Waals surface area contributed by atoms with Crippen LogP contribution in [0.15, 0.2) is 35.0 Å². The maximum absolute atomic E-state index is 12.9. The molecule has 0 radical (unpaired) electrons. The zero-order chi connectivity index (χ0) is 21.0. The maximum Gasteiger partial charge on any atom is 0.283 e. The predicted molar refractivity (Wildman–Crippen MR) is 104 cm³/mol. The number of hydrogen-bond donors (Lipinski definition) is 1. The number of carbonyl (C=O) groups is 2. The van der Waals surface area contributed by atoms with E-state index in [4.69, 9.17) is 21.4 Å². The first-order chi connectivity index (χ1) is 13.9. The van der Waals surface area contributed by atoms with Gasteiger partial charge in [0, 0.05) is 44.9 Å². The van der Waals surface area contributed by atoms with Crippen LogP contribution < -0.4 is 4.90 Å². The third kappa shape index (κ3) is 4.56. The summed E-state index contributed by atoms with van der Waals surface area (Å²) in [6, 6.07) is 5.33. The highest BCUT2D eigenvalue weighted by atomic mass is 35.5. The first kappa shape index (κ1) is 21.2. The van der Waals surface area contributed by atoms with Gasteiger partial charge in [0.25, 0.3) is 17.5 Å². The summed E-state index contributed by atoms with van der Waals surface area (Å²) in [5.41, 5.74) is 0.0195. The molecule has 0 bridgehead atoms. The topological polar surface area (TPSA) is 116 Å². The Morgan fingerprint density at radius 3 is 2.52 bits per heavy atom. The van der Waals surface area contributed by atoms with Crippen molar-refractivity contribution >= 4 is 34.8 Å². The lowest BCUT2D eigenvalue weighted by Gasteiger charge is -2.36. The van der Waals surface area contributed by atoms with Crippen LogP contribution in [0.4, 0.5) is 11.4 Å². The zero-order valence-corrected chi connectivity index (χ0v) is 16.4. The first-order valence-electron chi connectivity index (χ1n) is 9.13. The Kier molecular flexibility index (Phi) is 6.80. The lowest BCUT2D eigenvalue weighted by atomic mass is 10.2. The molecule has 0 aliphatic carbocycles. The van der Waals surface area contributed by atoms with E-state index in [1.165, 1.54) is 24.3 Å². The summed E-state index contributed by atoms with van der Waals surface area (Å²) in [6.45, 7) is 3.82. The molecule has 1 saturated heterocycles. The molecule has 1 N–H and O–H groups in total. The molecule has 2 amide bonds. The second-order valence-corrected chi connectivity index (χ2v) is 6.93. The van der Waals surface area contributed by atoms with E-state index in [1.54, 1.807) is 4.90 Å². The summed E-state index contributed by atoms with van der Waals surface area (Å²) in [6.07, 6.45) is 0. The van der Waals surface area contributed by atoms with Crippen LogP contribution >= 0.6 is 11.6 Å². The molecule has 0 spiro atoms. The third-order valence-electron chi connectivity index (χ3n) is 4.78. The molecule has 2 aliphatic rings. The van der Waals surface area contributed by atoms with E-state index in [0.717, 1.165) is 4.90 Å². The number of anilines is 1. The molecule has 0 unspecified atom stereocenters. The second-order valence-electron chi connectivity index (χ2n) is 6.55. The number of hydrogen-bond acceptors (Lipinski definition) is 8. The van der Waals surface area contributed by atoms with Gasteiger partial charge < -0.3 is 14.7 Å². The van der Waals surface area contributed by atoms with Crippen molar-refractivity contribution in [3.63, 3.8) is 0 Å². The molecule has 2 heterocycles. The van der Waals surface area contributed by atoms with Crippen molar-refractivity contribution in [3.8, 4) is 0 Å². The monoisotopic (exact) mass is 424 g/mol. The molecule has 29 heavy (non-hydrogen) atoms. The van der Waals surface area contributed by atoms with Crippen molar-refractivity contribution in [2.75, 3.05) is 57.4 Å². The molecular formula is C18H21ClN4O6. The summed E-state index contributed by atoms with van der Waals surface area (Å²) in [5.74, 6) is -1.27. The number of non-ortho nitro benzene ring substituents is 1. The number of imide groups is 1. The van der Waals surface area contributed by atoms with Gasteiger partial charge in [-0.3, -0.25) is 24.6 Å². The quantitative estimate of drug-likeness (QED) is 0.278. The van der Waals surface area contributed by atoms with E-state index in [2.05, 4.69) is 4.90 Å². The number of halogens is 1. The number of nitro benzene ring substituents is 1. The summed E-state index contributed by atoms with van der Waals surface area (Å²) in [5, 5.41) is 19.5. The number of aliphatic hydroxyl groups excluding tert-OH is 1. The minimum absolute atomic E-state index is 0.0162. The SMILES string of the molecule is O=C1C(Cl)=C(N2CCN(CCOCCO)CC2)C(=O)N1c1cccc([N+](=O)[O-])c1. The molecular weight excluding hydrogens is 404 g/mol. The molecule has 1 aromatic carbocycles. The van der Waals surface area contributed by atoms with E-state index in [9.17, 15) is 19.7 Å². The van der Waals surface area contributed by atoms with Gasteiger partial charge in [-0.2, -0.15) is 0 Å². The highest BCUT2D eigenvalue weighted by Gasteiger charge is 2.42. The summed E-state index contributed by atoms with van der Waals surface area (Å²) < 4.78 is 5.26. The van der Waals surface area contributed by atoms with Crippen molar-refractivity contribution in [1.82, 2.24) is 9.80 Å². The van der Waals surface area contributed by atoms with E-state index in [-0.39, 0.29) is 28.7 Å². The Labute approximate surface area is 172 Å². The molecule has 0 atom stereocenters. The van der Waals surface area contributed by atoms with Crippen molar-refractivity contribution in [2.45, 2.75) is 0 Å². The number of ether oxygens (including phenoxy) is 1. The van der Waals surface area contributed by atoms with Crippen molar-refractivity contribution in [2.24, 2.45) is 0 Å². The number of rotatable bonds is 8. The van der Waals surface area contributed by atoms with Crippen molar-refractivity contribution < 1.29 is 24.4 Å². The molecule has 156 valence electrons. The summed E-state index contributed by atoms with van der Waals surface area (Å²) in [7, 11) is 0. The van der Waals surface area contributed by atoms with Gasteiger partial charge in [0.15, 0.2) is 0 Å². The zero-order valence-electron chi connectivity index (χ0n) is 15.6. The largest absolute Gasteiger partial charge is 0.394 e. The van der Waals surface area contributed by atoms with Crippen molar-refractivity contribution in [1.29, 1.82) is 0 Å². The van der Waals surface area contributed by atoms with Gasteiger partial charge in [0.1, 0.15) is 10.7 Å². The number of nitro groups is 1. The molecule has 0 aromatic heterocycles. The molecule has 11 heteroatoms. The number of piperazine rings is 1. The molecule has 1 fully saturated rings. The molecule has 1 aromatic rings. The van der Waals surface area contributed by atoms with E-state index < -0.39 is 16.7 Å². The highest BCUT2D eigenvalue weighted by Crippen LogP contribution is 2.33. The van der Waals surface area contributed by atoms with E-state index in [0.29, 0.717) is 45.9 Å². The molecule has 2 aliphatic heterocycles. The van der Waals surface area contributed by atoms with Crippen LogP contribution in [0, 0.1) is 10.1 Å². The smallest absolute Gasteiger partial charge is 0.283 e. The van der Waals surface area contributed by atoms with Gasteiger partial charge in [0.2, 0.25) is 0 Å². The predicted octanol–water partition coefficient (Wildman–Crippen LogP) is 0.545. The fraction of sp³-hybridized carbons (Fsp3) is 0.444. The van der Waals surface area contributed by atoms with Gasteiger partial charge in [-0.25, -0.2) is 4.90 Å². The lowest BCUT2D eigenvalue weighted by Crippen LogP contribution is -2.48. The van der Waals surface area contributed by atoms with Gasteiger partial charge >= 0.3 is 0 Å². The van der Waals surface area contributed by atoms with E-state index in [1.807, 2.05) is 0 Å². The first-order valence-corrected chi connectivity index (χ1v) is 9.50.